The van der Waals surface area contributed by atoms with E-state index < -0.39 is 5.97 Å². The summed E-state index contributed by atoms with van der Waals surface area (Å²) in [5.41, 5.74) is 2.06. The summed E-state index contributed by atoms with van der Waals surface area (Å²) in [6.07, 6.45) is 0.946. The highest BCUT2D eigenvalue weighted by molar-refractivity contribution is 5.97. The van der Waals surface area contributed by atoms with Crippen molar-refractivity contribution in [2.45, 2.75) is 20.3 Å². The Balaban J connectivity index is 2.16. The summed E-state index contributed by atoms with van der Waals surface area (Å²) < 4.78 is 4.66. The second-order valence-corrected chi connectivity index (χ2v) is 4.83. The number of hydrogen-bond donors (Lipinski definition) is 1. The molecule has 1 amide bonds. The second kappa shape index (κ2) is 4.80. The van der Waals surface area contributed by atoms with Crippen LogP contribution in [-0.2, 0) is 9.53 Å². The molecular weight excluding hydrogens is 230 g/mol. The van der Waals surface area contributed by atoms with E-state index in [1.165, 1.54) is 7.11 Å². The second-order valence-electron chi connectivity index (χ2n) is 4.83. The highest BCUT2D eigenvalue weighted by Gasteiger charge is 2.39. The van der Waals surface area contributed by atoms with Crippen LogP contribution in [0.3, 0.4) is 0 Å². The fourth-order valence-electron chi connectivity index (χ4n) is 1.91. The molecule has 0 heterocycles. The van der Waals surface area contributed by atoms with Gasteiger partial charge in [-0.1, -0.05) is 13.0 Å². The lowest BCUT2D eigenvalue weighted by Gasteiger charge is -2.09. The lowest BCUT2D eigenvalue weighted by molar-refractivity contribution is -0.117. The van der Waals surface area contributed by atoms with E-state index in [1.807, 2.05) is 6.92 Å². The molecule has 1 saturated carbocycles. The number of carbonyl (C=O) groups is 2. The Hall–Kier alpha value is -1.84. The van der Waals surface area contributed by atoms with Gasteiger partial charge in [0.25, 0.3) is 0 Å². The zero-order valence-corrected chi connectivity index (χ0v) is 10.8. The van der Waals surface area contributed by atoms with Crippen molar-refractivity contribution in [3.63, 3.8) is 0 Å². The van der Waals surface area contributed by atoms with Crippen molar-refractivity contribution >= 4 is 17.6 Å². The topological polar surface area (TPSA) is 55.4 Å². The van der Waals surface area contributed by atoms with Crippen LogP contribution >= 0.6 is 0 Å². The highest BCUT2D eigenvalue weighted by Crippen LogP contribution is 2.38. The number of hydrogen-bond acceptors (Lipinski definition) is 3. The Labute approximate surface area is 106 Å². The molecule has 1 aliphatic carbocycles. The van der Waals surface area contributed by atoms with Crippen LogP contribution in [0.2, 0.25) is 0 Å². The van der Waals surface area contributed by atoms with Crippen LogP contribution in [0, 0.1) is 18.8 Å². The predicted octanol–water partition coefficient (Wildman–Crippen LogP) is 2.38. The minimum Gasteiger partial charge on any atom is -0.465 e. The Morgan fingerprint density at radius 3 is 2.61 bits per heavy atom. The Kier molecular flexibility index (Phi) is 3.36. The maximum Gasteiger partial charge on any atom is 0.337 e. The van der Waals surface area contributed by atoms with Crippen LogP contribution in [0.1, 0.15) is 29.3 Å². The molecule has 4 nitrogen and oxygen atoms in total. The fourth-order valence-corrected chi connectivity index (χ4v) is 1.91. The van der Waals surface area contributed by atoms with E-state index in [-0.39, 0.29) is 11.8 Å². The number of esters is 1. The predicted molar refractivity (Wildman–Crippen MR) is 68.4 cm³/mol. The van der Waals surface area contributed by atoms with E-state index in [9.17, 15) is 9.59 Å². The molecule has 1 aliphatic rings. The SMILES string of the molecule is COC(=O)c1ccc(C)c(NC(=O)C2CC2C)c1. The van der Waals surface area contributed by atoms with Gasteiger partial charge in [-0.25, -0.2) is 4.79 Å². The van der Waals surface area contributed by atoms with Gasteiger partial charge in [0.05, 0.1) is 12.7 Å². The van der Waals surface area contributed by atoms with Gasteiger partial charge in [0, 0.05) is 11.6 Å². The number of carbonyl (C=O) groups excluding carboxylic acids is 2. The number of benzene rings is 1. The third-order valence-corrected chi connectivity index (χ3v) is 3.36. The lowest BCUT2D eigenvalue weighted by atomic mass is 10.1. The van der Waals surface area contributed by atoms with Crippen molar-refractivity contribution < 1.29 is 14.3 Å². The minimum absolute atomic E-state index is 0.0348. The number of amides is 1. The zero-order valence-electron chi connectivity index (χ0n) is 10.8. The van der Waals surface area contributed by atoms with Crippen molar-refractivity contribution in [3.8, 4) is 0 Å². The summed E-state index contributed by atoms with van der Waals surface area (Å²) in [6.45, 7) is 3.95. The molecule has 0 aromatic heterocycles. The van der Waals surface area contributed by atoms with E-state index >= 15 is 0 Å². The molecule has 1 aromatic rings. The first-order valence-corrected chi connectivity index (χ1v) is 6.02. The van der Waals surface area contributed by atoms with Crippen LogP contribution in [0.25, 0.3) is 0 Å². The largest absolute Gasteiger partial charge is 0.465 e. The zero-order chi connectivity index (χ0) is 13.3. The molecule has 4 heteroatoms. The summed E-state index contributed by atoms with van der Waals surface area (Å²) in [6, 6.07) is 5.15. The van der Waals surface area contributed by atoms with Gasteiger partial charge in [-0.3, -0.25) is 4.79 Å². The van der Waals surface area contributed by atoms with E-state index in [0.717, 1.165) is 12.0 Å². The van der Waals surface area contributed by atoms with Gasteiger partial charge in [0.15, 0.2) is 0 Å². The number of anilines is 1. The first-order valence-electron chi connectivity index (χ1n) is 6.02. The van der Waals surface area contributed by atoms with Crippen LogP contribution in [0.5, 0.6) is 0 Å². The normalized spacial score (nSPS) is 21.3. The quantitative estimate of drug-likeness (QED) is 0.834. The third-order valence-electron chi connectivity index (χ3n) is 3.36. The summed E-state index contributed by atoms with van der Waals surface area (Å²) >= 11 is 0. The first kappa shape index (κ1) is 12.6. The van der Waals surface area contributed by atoms with Crippen LogP contribution < -0.4 is 5.32 Å². The van der Waals surface area contributed by atoms with Gasteiger partial charge in [0.2, 0.25) is 5.91 Å². The monoisotopic (exact) mass is 247 g/mol. The van der Waals surface area contributed by atoms with Gasteiger partial charge in [0.1, 0.15) is 0 Å². The molecule has 0 spiro atoms. The van der Waals surface area contributed by atoms with E-state index in [4.69, 9.17) is 0 Å². The standard InChI is InChI=1S/C14H17NO3/c1-8-4-5-10(14(17)18-3)7-12(8)15-13(16)11-6-9(11)2/h4-5,7,9,11H,6H2,1-3H3,(H,15,16). The maximum absolute atomic E-state index is 11.9. The van der Waals surface area contributed by atoms with E-state index in [0.29, 0.717) is 17.2 Å². The van der Waals surface area contributed by atoms with E-state index in [1.54, 1.807) is 18.2 Å². The molecule has 0 saturated heterocycles. The molecular formula is C14H17NO3. The van der Waals surface area contributed by atoms with Crippen LogP contribution in [0.4, 0.5) is 5.69 Å². The fraction of sp³-hybridized carbons (Fsp3) is 0.429. The van der Waals surface area contributed by atoms with Crippen molar-refractivity contribution in [2.75, 3.05) is 12.4 Å². The molecule has 2 rings (SSSR count). The molecule has 0 bridgehead atoms. The summed E-state index contributed by atoms with van der Waals surface area (Å²) in [7, 11) is 1.34. The molecule has 18 heavy (non-hydrogen) atoms. The molecule has 1 aromatic carbocycles. The van der Waals surface area contributed by atoms with Gasteiger partial charge >= 0.3 is 5.97 Å². The number of methoxy groups -OCH3 is 1. The minimum atomic E-state index is -0.398. The number of aryl methyl sites for hydroxylation is 1. The Bertz CT molecular complexity index is 496. The Morgan fingerprint density at radius 1 is 1.39 bits per heavy atom. The van der Waals surface area contributed by atoms with Crippen LogP contribution in [0.15, 0.2) is 18.2 Å². The summed E-state index contributed by atoms with van der Waals surface area (Å²) in [5, 5.41) is 2.88. The molecule has 1 N–H and O–H groups in total. The Morgan fingerprint density at radius 2 is 2.06 bits per heavy atom. The number of rotatable bonds is 3. The van der Waals surface area contributed by atoms with Gasteiger partial charge in [-0.05, 0) is 37.0 Å². The van der Waals surface area contributed by atoms with Gasteiger partial charge in [-0.2, -0.15) is 0 Å². The van der Waals surface area contributed by atoms with Crippen molar-refractivity contribution in [1.29, 1.82) is 0 Å². The smallest absolute Gasteiger partial charge is 0.337 e. The third kappa shape index (κ3) is 2.53. The van der Waals surface area contributed by atoms with Gasteiger partial charge in [-0.15, -0.1) is 0 Å². The molecule has 96 valence electrons. The van der Waals surface area contributed by atoms with E-state index in [2.05, 4.69) is 17.0 Å². The van der Waals surface area contributed by atoms with Crippen LogP contribution in [-0.4, -0.2) is 19.0 Å². The van der Waals surface area contributed by atoms with Gasteiger partial charge < -0.3 is 10.1 Å². The molecule has 1 fully saturated rings. The molecule has 2 atom stereocenters. The van der Waals surface area contributed by atoms with Crippen molar-refractivity contribution in [1.82, 2.24) is 0 Å². The lowest BCUT2D eigenvalue weighted by Crippen LogP contribution is -2.16. The maximum atomic E-state index is 11.9. The van der Waals surface area contributed by atoms with Crippen molar-refractivity contribution in [2.24, 2.45) is 11.8 Å². The first-order chi connectivity index (χ1) is 8.52. The molecule has 2 unspecified atom stereocenters. The van der Waals surface area contributed by atoms with Crippen molar-refractivity contribution in [3.05, 3.63) is 29.3 Å². The molecule has 0 aliphatic heterocycles. The summed E-state index contributed by atoms with van der Waals surface area (Å²) in [5.74, 6) is 0.221. The number of nitrogens with one attached hydrogen (secondary N) is 1. The highest BCUT2D eigenvalue weighted by atomic mass is 16.5. The average Bonchev–Trinajstić information content (AvgIpc) is 3.08. The average molecular weight is 247 g/mol. The number of ether oxygens (including phenoxy) is 1. The molecule has 0 radical (unpaired) electrons. The summed E-state index contributed by atoms with van der Waals surface area (Å²) in [4.78, 5) is 23.3.